The fourth-order valence-electron chi connectivity index (χ4n) is 3.70. The van der Waals surface area contributed by atoms with Crippen molar-refractivity contribution in [1.29, 1.82) is 0 Å². The Morgan fingerprint density at radius 3 is 2.50 bits per heavy atom. The van der Waals surface area contributed by atoms with Gasteiger partial charge in [0, 0.05) is 18.6 Å². The third kappa shape index (κ3) is 3.96. The number of nitrogens with one attached hydrogen (secondary N) is 1. The third-order valence-corrected chi connectivity index (χ3v) is 5.12. The smallest absolute Gasteiger partial charge is 0.00953 e. The molecule has 2 aliphatic rings. The van der Waals surface area contributed by atoms with E-state index < -0.39 is 0 Å². The van der Waals surface area contributed by atoms with Crippen molar-refractivity contribution in [1.82, 2.24) is 10.2 Å². The van der Waals surface area contributed by atoms with Crippen molar-refractivity contribution in [2.45, 2.75) is 71.4 Å². The molecule has 1 heterocycles. The predicted molar refractivity (Wildman–Crippen MR) is 78.9 cm³/mol. The molecular weight excluding hydrogens is 220 g/mol. The van der Waals surface area contributed by atoms with Crippen molar-refractivity contribution in [3.63, 3.8) is 0 Å². The lowest BCUT2D eigenvalue weighted by atomic mass is 9.83. The standard InChI is InChI=1S/C16H32N2/c1-13-11-17-14(2)9-10-18(12-13)15(3)16-7-5-4-6-8-16/h13-17H,4-12H2,1-3H3. The lowest BCUT2D eigenvalue weighted by Crippen LogP contribution is -2.48. The highest BCUT2D eigenvalue weighted by Crippen LogP contribution is 2.29. The number of rotatable bonds is 2. The molecule has 1 saturated heterocycles. The van der Waals surface area contributed by atoms with Crippen LogP contribution in [-0.2, 0) is 0 Å². The average molecular weight is 252 g/mol. The molecule has 2 heteroatoms. The summed E-state index contributed by atoms with van der Waals surface area (Å²) in [5.41, 5.74) is 0. The molecule has 0 amide bonds. The van der Waals surface area contributed by atoms with Crippen LogP contribution in [0.25, 0.3) is 0 Å². The van der Waals surface area contributed by atoms with Gasteiger partial charge in [-0.1, -0.05) is 26.2 Å². The van der Waals surface area contributed by atoms with Gasteiger partial charge in [0.15, 0.2) is 0 Å². The van der Waals surface area contributed by atoms with Crippen LogP contribution in [0.4, 0.5) is 0 Å². The molecule has 0 aromatic rings. The van der Waals surface area contributed by atoms with Crippen molar-refractivity contribution in [3.8, 4) is 0 Å². The molecule has 0 radical (unpaired) electrons. The van der Waals surface area contributed by atoms with Gasteiger partial charge in [0.25, 0.3) is 0 Å². The van der Waals surface area contributed by atoms with E-state index in [1.807, 2.05) is 0 Å². The molecule has 2 fully saturated rings. The van der Waals surface area contributed by atoms with Gasteiger partial charge in [-0.05, 0) is 58.0 Å². The lowest BCUT2D eigenvalue weighted by Gasteiger charge is -2.40. The summed E-state index contributed by atoms with van der Waals surface area (Å²) in [7, 11) is 0. The Bertz CT molecular complexity index is 235. The first kappa shape index (κ1) is 14.3. The maximum atomic E-state index is 3.65. The van der Waals surface area contributed by atoms with E-state index in [4.69, 9.17) is 0 Å². The molecule has 0 aromatic heterocycles. The van der Waals surface area contributed by atoms with Crippen LogP contribution >= 0.6 is 0 Å². The van der Waals surface area contributed by atoms with Gasteiger partial charge >= 0.3 is 0 Å². The minimum atomic E-state index is 0.689. The van der Waals surface area contributed by atoms with Crippen LogP contribution in [0, 0.1) is 11.8 Å². The highest BCUT2D eigenvalue weighted by Gasteiger charge is 2.27. The fraction of sp³-hybridized carbons (Fsp3) is 1.00. The molecule has 3 atom stereocenters. The second-order valence-electron chi connectivity index (χ2n) is 6.84. The first-order chi connectivity index (χ1) is 8.66. The van der Waals surface area contributed by atoms with Crippen LogP contribution in [0.2, 0.25) is 0 Å². The molecule has 106 valence electrons. The van der Waals surface area contributed by atoms with Crippen LogP contribution in [-0.4, -0.2) is 36.6 Å². The SMILES string of the molecule is CC1CNC(C)CCN(C(C)C2CCCCC2)C1. The summed E-state index contributed by atoms with van der Waals surface area (Å²) >= 11 is 0. The first-order valence-electron chi connectivity index (χ1n) is 8.14. The van der Waals surface area contributed by atoms with Crippen LogP contribution in [0.5, 0.6) is 0 Å². The van der Waals surface area contributed by atoms with Crippen molar-refractivity contribution < 1.29 is 0 Å². The van der Waals surface area contributed by atoms with E-state index in [-0.39, 0.29) is 0 Å². The van der Waals surface area contributed by atoms with Crippen LogP contribution < -0.4 is 5.32 Å². The summed E-state index contributed by atoms with van der Waals surface area (Å²) in [4.78, 5) is 2.79. The highest BCUT2D eigenvalue weighted by atomic mass is 15.2. The molecule has 18 heavy (non-hydrogen) atoms. The zero-order valence-corrected chi connectivity index (χ0v) is 12.6. The Hall–Kier alpha value is -0.0800. The Labute approximate surface area is 114 Å². The summed E-state index contributed by atoms with van der Waals surface area (Å²) in [6.45, 7) is 11.0. The van der Waals surface area contributed by atoms with Crippen molar-refractivity contribution in [3.05, 3.63) is 0 Å². The van der Waals surface area contributed by atoms with Crippen molar-refractivity contribution >= 4 is 0 Å². The monoisotopic (exact) mass is 252 g/mol. The minimum absolute atomic E-state index is 0.689. The van der Waals surface area contributed by atoms with E-state index in [1.54, 1.807) is 0 Å². The fourth-order valence-corrected chi connectivity index (χ4v) is 3.70. The molecule has 1 aliphatic heterocycles. The van der Waals surface area contributed by atoms with E-state index in [2.05, 4.69) is 31.0 Å². The second kappa shape index (κ2) is 6.91. The Morgan fingerprint density at radius 2 is 1.78 bits per heavy atom. The van der Waals surface area contributed by atoms with E-state index >= 15 is 0 Å². The largest absolute Gasteiger partial charge is 0.314 e. The third-order valence-electron chi connectivity index (χ3n) is 5.12. The van der Waals surface area contributed by atoms with Crippen molar-refractivity contribution in [2.75, 3.05) is 19.6 Å². The van der Waals surface area contributed by atoms with Gasteiger partial charge in [0.05, 0.1) is 0 Å². The molecule has 2 rings (SSSR count). The molecule has 1 aliphatic carbocycles. The van der Waals surface area contributed by atoms with Gasteiger partial charge in [0.1, 0.15) is 0 Å². The first-order valence-corrected chi connectivity index (χ1v) is 8.14. The van der Waals surface area contributed by atoms with Gasteiger partial charge < -0.3 is 10.2 Å². The Kier molecular flexibility index (Phi) is 5.50. The Balaban J connectivity index is 1.91. The average Bonchev–Trinajstić information content (AvgIpc) is 2.39. The maximum absolute atomic E-state index is 3.65. The molecule has 1 N–H and O–H groups in total. The summed E-state index contributed by atoms with van der Waals surface area (Å²) in [6, 6.07) is 1.49. The molecule has 0 bridgehead atoms. The maximum Gasteiger partial charge on any atom is 0.00953 e. The molecule has 0 aromatic carbocycles. The van der Waals surface area contributed by atoms with Crippen molar-refractivity contribution in [2.24, 2.45) is 11.8 Å². The van der Waals surface area contributed by atoms with Crippen LogP contribution in [0.15, 0.2) is 0 Å². The van der Waals surface area contributed by atoms with Crippen LogP contribution in [0.3, 0.4) is 0 Å². The summed E-state index contributed by atoms with van der Waals surface area (Å²) in [6.07, 6.45) is 8.66. The van der Waals surface area contributed by atoms with E-state index in [1.165, 1.54) is 58.2 Å². The van der Waals surface area contributed by atoms with Gasteiger partial charge in [0.2, 0.25) is 0 Å². The molecule has 2 nitrogen and oxygen atoms in total. The van der Waals surface area contributed by atoms with E-state index in [0.29, 0.717) is 6.04 Å². The molecule has 3 unspecified atom stereocenters. The van der Waals surface area contributed by atoms with E-state index in [9.17, 15) is 0 Å². The minimum Gasteiger partial charge on any atom is -0.314 e. The van der Waals surface area contributed by atoms with Gasteiger partial charge in [-0.15, -0.1) is 0 Å². The van der Waals surface area contributed by atoms with Gasteiger partial charge in [-0.3, -0.25) is 0 Å². The van der Waals surface area contributed by atoms with E-state index in [0.717, 1.165) is 17.9 Å². The van der Waals surface area contributed by atoms with Gasteiger partial charge in [-0.25, -0.2) is 0 Å². The summed E-state index contributed by atoms with van der Waals surface area (Å²) in [5.74, 6) is 1.76. The lowest BCUT2D eigenvalue weighted by molar-refractivity contribution is 0.1000. The molecule has 1 saturated carbocycles. The quantitative estimate of drug-likeness (QED) is 0.811. The zero-order chi connectivity index (χ0) is 13.0. The number of nitrogens with zero attached hydrogens (tertiary/aromatic N) is 1. The highest BCUT2D eigenvalue weighted by molar-refractivity contribution is 4.82. The van der Waals surface area contributed by atoms with Gasteiger partial charge in [-0.2, -0.15) is 0 Å². The Morgan fingerprint density at radius 1 is 1.06 bits per heavy atom. The zero-order valence-electron chi connectivity index (χ0n) is 12.6. The number of hydrogen-bond donors (Lipinski definition) is 1. The number of hydrogen-bond acceptors (Lipinski definition) is 2. The molecule has 0 spiro atoms. The second-order valence-corrected chi connectivity index (χ2v) is 6.84. The predicted octanol–water partition coefficient (Wildman–Crippen LogP) is 3.28. The summed E-state index contributed by atoms with van der Waals surface area (Å²) < 4.78 is 0. The van der Waals surface area contributed by atoms with Crippen LogP contribution in [0.1, 0.15) is 59.3 Å². The normalized spacial score (nSPS) is 34.8. The summed E-state index contributed by atoms with van der Waals surface area (Å²) in [5, 5.41) is 3.65. The topological polar surface area (TPSA) is 15.3 Å². The molecular formula is C16H32N2.